The van der Waals surface area contributed by atoms with Gasteiger partial charge in [-0.05, 0) is 39.5 Å². The Balaban J connectivity index is 2.14. The van der Waals surface area contributed by atoms with E-state index in [9.17, 15) is 4.21 Å². The molecular formula is C14H25NOS. The first-order valence-corrected chi connectivity index (χ1v) is 8.22. The van der Waals surface area contributed by atoms with Crippen molar-refractivity contribution in [1.82, 2.24) is 0 Å². The van der Waals surface area contributed by atoms with Crippen LogP contribution < -0.4 is 0 Å². The van der Waals surface area contributed by atoms with Crippen LogP contribution in [0.5, 0.6) is 0 Å². The smallest absolute Gasteiger partial charge is 0.0683 e. The molecule has 0 aromatic carbocycles. The fourth-order valence-electron chi connectivity index (χ4n) is 2.36. The van der Waals surface area contributed by atoms with E-state index in [1.54, 1.807) is 0 Å². The van der Waals surface area contributed by atoms with Crippen LogP contribution >= 0.6 is 0 Å². The Morgan fingerprint density at radius 2 is 1.88 bits per heavy atom. The van der Waals surface area contributed by atoms with Gasteiger partial charge in [-0.15, -0.1) is 0 Å². The Morgan fingerprint density at radius 3 is 2.47 bits per heavy atom. The topological polar surface area (TPSA) is 40.9 Å². The molecule has 0 saturated heterocycles. The Morgan fingerprint density at radius 1 is 1.24 bits per heavy atom. The van der Waals surface area contributed by atoms with Crippen molar-refractivity contribution in [2.24, 2.45) is 5.41 Å². The molecule has 17 heavy (non-hydrogen) atoms. The summed E-state index contributed by atoms with van der Waals surface area (Å²) in [6.07, 6.45) is 9.13. The van der Waals surface area contributed by atoms with Crippen LogP contribution in [0.3, 0.4) is 0 Å². The van der Waals surface area contributed by atoms with Crippen LogP contribution in [0.25, 0.3) is 0 Å². The van der Waals surface area contributed by atoms with E-state index in [1.807, 2.05) is 13.8 Å². The van der Waals surface area contributed by atoms with Crippen molar-refractivity contribution in [2.75, 3.05) is 5.75 Å². The molecule has 1 fully saturated rings. The van der Waals surface area contributed by atoms with Gasteiger partial charge >= 0.3 is 0 Å². The molecule has 0 aromatic heterocycles. The minimum absolute atomic E-state index is 0.216. The van der Waals surface area contributed by atoms with E-state index in [2.05, 4.69) is 6.07 Å². The number of nitriles is 1. The molecule has 0 heterocycles. The third-order valence-electron chi connectivity index (χ3n) is 3.62. The van der Waals surface area contributed by atoms with Crippen molar-refractivity contribution >= 4 is 10.8 Å². The maximum absolute atomic E-state index is 12.0. The number of unbranched alkanes of at least 4 members (excludes halogenated alkanes) is 1. The molecule has 1 unspecified atom stereocenters. The molecule has 98 valence electrons. The van der Waals surface area contributed by atoms with E-state index in [4.69, 9.17) is 5.26 Å². The predicted octanol–water partition coefficient (Wildman–Crippen LogP) is 3.79. The van der Waals surface area contributed by atoms with Crippen LogP contribution in [-0.4, -0.2) is 15.2 Å². The van der Waals surface area contributed by atoms with Crippen molar-refractivity contribution < 1.29 is 4.21 Å². The van der Waals surface area contributed by atoms with Crippen molar-refractivity contribution in [3.8, 4) is 6.07 Å². The van der Waals surface area contributed by atoms with E-state index in [0.717, 1.165) is 37.9 Å². The summed E-state index contributed by atoms with van der Waals surface area (Å²) in [5.41, 5.74) is -0.216. The molecule has 0 bridgehead atoms. The summed E-state index contributed by atoms with van der Waals surface area (Å²) in [5.74, 6) is 0.839. The molecular weight excluding hydrogens is 230 g/mol. The fraction of sp³-hybridized carbons (Fsp3) is 0.929. The molecule has 0 N–H and O–H groups in total. The second kappa shape index (κ2) is 7.16. The predicted molar refractivity (Wildman–Crippen MR) is 73.1 cm³/mol. The third-order valence-corrected chi connectivity index (χ3v) is 5.53. The highest BCUT2D eigenvalue weighted by molar-refractivity contribution is 7.85. The van der Waals surface area contributed by atoms with Crippen LogP contribution in [0, 0.1) is 16.7 Å². The van der Waals surface area contributed by atoms with Gasteiger partial charge in [-0.1, -0.05) is 25.7 Å². The average Bonchev–Trinajstić information content (AvgIpc) is 2.35. The summed E-state index contributed by atoms with van der Waals surface area (Å²) < 4.78 is 12.0. The van der Waals surface area contributed by atoms with Gasteiger partial charge in [0.1, 0.15) is 0 Å². The van der Waals surface area contributed by atoms with Crippen molar-refractivity contribution in [3.63, 3.8) is 0 Å². The van der Waals surface area contributed by atoms with E-state index in [0.29, 0.717) is 5.25 Å². The van der Waals surface area contributed by atoms with Gasteiger partial charge in [-0.25, -0.2) is 0 Å². The Kier molecular flexibility index (Phi) is 6.19. The second-order valence-corrected chi connectivity index (χ2v) is 7.63. The van der Waals surface area contributed by atoms with Gasteiger partial charge in [0.15, 0.2) is 0 Å². The Labute approximate surface area is 108 Å². The van der Waals surface area contributed by atoms with Crippen LogP contribution in [0.15, 0.2) is 0 Å². The van der Waals surface area contributed by atoms with E-state index in [-0.39, 0.29) is 5.41 Å². The summed E-state index contributed by atoms with van der Waals surface area (Å²) in [6, 6.07) is 2.32. The number of rotatable bonds is 6. The maximum atomic E-state index is 12.0. The number of hydrogen-bond acceptors (Lipinski definition) is 2. The lowest BCUT2D eigenvalue weighted by atomic mass is 9.89. The van der Waals surface area contributed by atoms with Gasteiger partial charge in [0.2, 0.25) is 0 Å². The molecule has 0 aliphatic heterocycles. The SMILES string of the molecule is CC(C)(C#N)CCCCS(=O)C1CCCCC1. The summed E-state index contributed by atoms with van der Waals surface area (Å²) in [6.45, 7) is 3.95. The Hall–Kier alpha value is -0.360. The lowest BCUT2D eigenvalue weighted by Crippen LogP contribution is -2.21. The zero-order chi connectivity index (χ0) is 12.7. The third kappa shape index (κ3) is 5.68. The normalized spacial score (nSPS) is 19.8. The van der Waals surface area contributed by atoms with Gasteiger partial charge in [-0.3, -0.25) is 4.21 Å². The second-order valence-electron chi connectivity index (χ2n) is 5.80. The highest BCUT2D eigenvalue weighted by Gasteiger charge is 2.20. The van der Waals surface area contributed by atoms with E-state index >= 15 is 0 Å². The minimum atomic E-state index is -0.620. The van der Waals surface area contributed by atoms with Crippen LogP contribution in [0.4, 0.5) is 0 Å². The monoisotopic (exact) mass is 255 g/mol. The summed E-state index contributed by atoms with van der Waals surface area (Å²) in [5, 5.41) is 9.36. The van der Waals surface area contributed by atoms with Gasteiger partial charge in [0.25, 0.3) is 0 Å². The highest BCUT2D eigenvalue weighted by atomic mass is 32.2. The molecule has 1 aliphatic carbocycles. The van der Waals surface area contributed by atoms with Crippen LogP contribution in [-0.2, 0) is 10.8 Å². The standard InChI is InChI=1S/C14H25NOS/c1-14(2,12-15)10-6-7-11-17(16)13-8-4-3-5-9-13/h13H,3-11H2,1-2H3. The quantitative estimate of drug-likeness (QED) is 0.678. The van der Waals surface area contributed by atoms with Crippen LogP contribution in [0.2, 0.25) is 0 Å². The van der Waals surface area contributed by atoms with Crippen molar-refractivity contribution in [1.29, 1.82) is 5.26 Å². The van der Waals surface area contributed by atoms with Crippen LogP contribution in [0.1, 0.15) is 65.2 Å². The summed E-state index contributed by atoms with van der Waals surface area (Å²) in [4.78, 5) is 0. The maximum Gasteiger partial charge on any atom is 0.0683 e. The Bertz CT molecular complexity index is 287. The lowest BCUT2D eigenvalue weighted by molar-refractivity contribution is 0.432. The first-order valence-electron chi connectivity index (χ1n) is 6.83. The minimum Gasteiger partial charge on any atom is -0.259 e. The zero-order valence-corrected chi connectivity index (χ0v) is 12.0. The van der Waals surface area contributed by atoms with Gasteiger partial charge in [-0.2, -0.15) is 5.26 Å². The highest BCUT2D eigenvalue weighted by Crippen LogP contribution is 2.24. The summed E-state index contributed by atoms with van der Waals surface area (Å²) in [7, 11) is -0.620. The first kappa shape index (κ1) is 14.7. The molecule has 0 amide bonds. The lowest BCUT2D eigenvalue weighted by Gasteiger charge is -2.21. The first-order chi connectivity index (χ1) is 8.05. The summed E-state index contributed by atoms with van der Waals surface area (Å²) >= 11 is 0. The number of nitrogens with zero attached hydrogens (tertiary/aromatic N) is 1. The van der Waals surface area contributed by atoms with Gasteiger partial charge < -0.3 is 0 Å². The zero-order valence-electron chi connectivity index (χ0n) is 11.2. The molecule has 0 aromatic rings. The average molecular weight is 255 g/mol. The van der Waals surface area contributed by atoms with Crippen molar-refractivity contribution in [2.45, 2.75) is 70.5 Å². The molecule has 1 saturated carbocycles. The molecule has 0 radical (unpaired) electrons. The molecule has 0 spiro atoms. The molecule has 1 rings (SSSR count). The number of hydrogen-bond donors (Lipinski definition) is 0. The molecule has 2 nitrogen and oxygen atoms in total. The molecule has 1 aliphatic rings. The van der Waals surface area contributed by atoms with Gasteiger partial charge in [0, 0.05) is 21.8 Å². The van der Waals surface area contributed by atoms with Gasteiger partial charge in [0.05, 0.1) is 11.5 Å². The molecule has 3 heteroatoms. The molecule has 1 atom stereocenters. The van der Waals surface area contributed by atoms with E-state index in [1.165, 1.54) is 19.3 Å². The van der Waals surface area contributed by atoms with E-state index < -0.39 is 10.8 Å². The van der Waals surface area contributed by atoms with Crippen molar-refractivity contribution in [3.05, 3.63) is 0 Å². The largest absolute Gasteiger partial charge is 0.259 e. The fourth-order valence-corrected chi connectivity index (χ4v) is 4.04.